The molecule has 25 heavy (non-hydrogen) atoms. The van der Waals surface area contributed by atoms with E-state index < -0.39 is 23.3 Å². The van der Waals surface area contributed by atoms with E-state index in [2.05, 4.69) is 5.10 Å². The molecule has 1 aromatic carbocycles. The highest BCUT2D eigenvalue weighted by atomic mass is 16.7. The molecule has 0 saturated carbocycles. The summed E-state index contributed by atoms with van der Waals surface area (Å²) in [6.07, 6.45) is 0. The third kappa shape index (κ3) is 3.10. The molecule has 0 fully saturated rings. The van der Waals surface area contributed by atoms with Crippen molar-refractivity contribution in [2.24, 2.45) is 0 Å². The van der Waals surface area contributed by atoms with Crippen LogP contribution in [0.1, 0.15) is 13.0 Å². The van der Waals surface area contributed by atoms with Gasteiger partial charge >= 0.3 is 0 Å². The molecule has 0 bridgehead atoms. The van der Waals surface area contributed by atoms with Crippen molar-refractivity contribution >= 4 is 11.7 Å². The lowest BCUT2D eigenvalue weighted by molar-refractivity contribution is -0.138. The molecule has 1 aliphatic rings. The van der Waals surface area contributed by atoms with Gasteiger partial charge in [0, 0.05) is 25.7 Å². The highest BCUT2D eigenvalue weighted by Gasteiger charge is 2.29. The molecule has 2 heterocycles. The molecule has 0 unspecified atom stereocenters. The van der Waals surface area contributed by atoms with Gasteiger partial charge in [-0.15, -0.1) is 0 Å². The Morgan fingerprint density at radius 2 is 1.88 bits per heavy atom. The lowest BCUT2D eigenvalue weighted by atomic mass is 10.1. The Balaban J connectivity index is 2.07. The molecule has 1 aliphatic heterocycles. The lowest BCUT2D eigenvalue weighted by Gasteiger charge is -2.19. The zero-order valence-corrected chi connectivity index (χ0v) is 14.1. The predicted octanol–water partition coefficient (Wildman–Crippen LogP) is 0.857. The Labute approximate surface area is 143 Å². The van der Waals surface area contributed by atoms with Crippen LogP contribution in [0.4, 0.5) is 0 Å². The maximum atomic E-state index is 12.3. The maximum absolute atomic E-state index is 12.3. The van der Waals surface area contributed by atoms with Gasteiger partial charge in [0.2, 0.25) is 6.79 Å². The first-order chi connectivity index (χ1) is 11.9. The summed E-state index contributed by atoms with van der Waals surface area (Å²) in [5, 5.41) is 4.23. The monoisotopic (exact) mass is 343 g/mol. The third-order valence-corrected chi connectivity index (χ3v) is 3.80. The zero-order valence-electron chi connectivity index (χ0n) is 14.1. The molecule has 8 heteroatoms. The number of fused-ring (bicyclic) bond motifs is 1. The van der Waals surface area contributed by atoms with E-state index in [1.54, 1.807) is 18.2 Å². The van der Waals surface area contributed by atoms with Crippen LogP contribution in [0.25, 0.3) is 11.3 Å². The van der Waals surface area contributed by atoms with Gasteiger partial charge in [0.15, 0.2) is 23.3 Å². The second-order valence-corrected chi connectivity index (χ2v) is 5.82. The molecule has 3 rings (SSSR count). The van der Waals surface area contributed by atoms with Crippen LogP contribution in [0, 0.1) is 0 Å². The summed E-state index contributed by atoms with van der Waals surface area (Å²) in [7, 11) is 3.04. The van der Waals surface area contributed by atoms with E-state index in [0.29, 0.717) is 22.8 Å². The smallest absolute Gasteiger partial charge is 0.267 e. The molecule has 0 aliphatic carbocycles. The number of hydrogen-bond acceptors (Lipinski definition) is 6. The Morgan fingerprint density at radius 3 is 2.56 bits per heavy atom. The molecule has 2 aromatic rings. The standard InChI is InChI=1S/C17H17N3O5/c1-10(21)16(17(23)19(2)3)20-15(22)7-5-12(18-20)11-4-6-13-14(8-11)25-9-24-13/h4-8,16H,9H2,1-3H3/t16-/m0/s1. The molecule has 130 valence electrons. The zero-order chi connectivity index (χ0) is 18.1. The van der Waals surface area contributed by atoms with Crippen molar-refractivity contribution in [3.05, 3.63) is 40.7 Å². The average Bonchev–Trinajstić information content (AvgIpc) is 3.03. The van der Waals surface area contributed by atoms with Crippen LogP contribution < -0.4 is 15.0 Å². The van der Waals surface area contributed by atoms with E-state index in [1.165, 1.54) is 38.1 Å². The fraction of sp³-hybridized carbons (Fsp3) is 0.294. The first kappa shape index (κ1) is 16.7. The molecule has 8 nitrogen and oxygen atoms in total. The minimum absolute atomic E-state index is 0.148. The second kappa shape index (κ2) is 6.39. The average molecular weight is 343 g/mol. The minimum atomic E-state index is -1.29. The fourth-order valence-electron chi connectivity index (χ4n) is 2.52. The van der Waals surface area contributed by atoms with Gasteiger partial charge in [-0.05, 0) is 31.2 Å². The summed E-state index contributed by atoms with van der Waals surface area (Å²) in [6.45, 7) is 1.41. The maximum Gasteiger partial charge on any atom is 0.267 e. The Hall–Kier alpha value is -3.16. The lowest BCUT2D eigenvalue weighted by Crippen LogP contribution is -2.41. The highest BCUT2D eigenvalue weighted by Crippen LogP contribution is 2.35. The van der Waals surface area contributed by atoms with E-state index in [-0.39, 0.29) is 6.79 Å². The predicted molar refractivity (Wildman–Crippen MR) is 88.5 cm³/mol. The number of aromatic nitrogens is 2. The second-order valence-electron chi connectivity index (χ2n) is 5.82. The highest BCUT2D eigenvalue weighted by molar-refractivity contribution is 6.02. The van der Waals surface area contributed by atoms with Crippen molar-refractivity contribution in [2.75, 3.05) is 20.9 Å². The third-order valence-electron chi connectivity index (χ3n) is 3.80. The number of Topliss-reactive ketones (excluding diaryl/α,β-unsaturated/α-hetero) is 1. The van der Waals surface area contributed by atoms with Crippen LogP contribution in [0.3, 0.4) is 0 Å². The van der Waals surface area contributed by atoms with Gasteiger partial charge in [0.05, 0.1) is 5.69 Å². The first-order valence-corrected chi connectivity index (χ1v) is 7.60. The number of likely N-dealkylation sites (N-methyl/N-ethyl adjacent to an activating group) is 1. The summed E-state index contributed by atoms with van der Waals surface area (Å²) in [6, 6.07) is 6.76. The van der Waals surface area contributed by atoms with E-state index in [1.807, 2.05) is 0 Å². The van der Waals surface area contributed by atoms with Gasteiger partial charge in [0.1, 0.15) is 0 Å². The van der Waals surface area contributed by atoms with Gasteiger partial charge in [0.25, 0.3) is 11.5 Å². The fourth-order valence-corrected chi connectivity index (χ4v) is 2.52. The number of rotatable bonds is 4. The number of carbonyl (C=O) groups is 2. The SMILES string of the molecule is CC(=O)[C@@H](C(=O)N(C)C)n1nc(-c2ccc3c(c2)OCO3)ccc1=O. The summed E-state index contributed by atoms with van der Waals surface area (Å²) in [5.74, 6) is 0.229. The molecule has 1 amide bonds. The molecule has 1 atom stereocenters. The summed E-state index contributed by atoms with van der Waals surface area (Å²) >= 11 is 0. The van der Waals surface area contributed by atoms with Crippen LogP contribution in [0.15, 0.2) is 35.1 Å². The normalized spacial score (nSPS) is 13.4. The van der Waals surface area contributed by atoms with Crippen LogP contribution in [0.2, 0.25) is 0 Å². The number of benzene rings is 1. The van der Waals surface area contributed by atoms with E-state index in [9.17, 15) is 14.4 Å². The molecular weight excluding hydrogens is 326 g/mol. The van der Waals surface area contributed by atoms with Crippen molar-refractivity contribution in [3.63, 3.8) is 0 Å². The Kier molecular flexibility index (Phi) is 4.26. The molecule has 1 aromatic heterocycles. The van der Waals surface area contributed by atoms with Gasteiger partial charge in [-0.3, -0.25) is 14.4 Å². The number of ether oxygens (including phenoxy) is 2. The van der Waals surface area contributed by atoms with Crippen molar-refractivity contribution in [1.29, 1.82) is 0 Å². The molecule has 0 radical (unpaired) electrons. The van der Waals surface area contributed by atoms with Crippen LogP contribution in [-0.4, -0.2) is 47.3 Å². The van der Waals surface area contributed by atoms with Gasteiger partial charge in [-0.2, -0.15) is 5.10 Å². The minimum Gasteiger partial charge on any atom is -0.454 e. The van der Waals surface area contributed by atoms with Crippen LogP contribution >= 0.6 is 0 Å². The number of carbonyl (C=O) groups excluding carboxylic acids is 2. The van der Waals surface area contributed by atoms with Crippen molar-refractivity contribution in [1.82, 2.24) is 14.7 Å². The van der Waals surface area contributed by atoms with Crippen molar-refractivity contribution in [3.8, 4) is 22.8 Å². The number of amides is 1. The number of hydrogen-bond donors (Lipinski definition) is 0. The summed E-state index contributed by atoms with van der Waals surface area (Å²) in [4.78, 5) is 37.7. The largest absolute Gasteiger partial charge is 0.454 e. The Bertz CT molecular complexity index is 903. The number of ketones is 1. The molecular formula is C17H17N3O5. The molecule has 0 saturated heterocycles. The van der Waals surface area contributed by atoms with E-state index in [0.717, 1.165) is 4.68 Å². The topological polar surface area (TPSA) is 90.7 Å². The Morgan fingerprint density at radius 1 is 1.16 bits per heavy atom. The van der Waals surface area contributed by atoms with Gasteiger partial charge < -0.3 is 14.4 Å². The van der Waals surface area contributed by atoms with Crippen molar-refractivity contribution in [2.45, 2.75) is 13.0 Å². The molecule has 0 spiro atoms. The first-order valence-electron chi connectivity index (χ1n) is 7.60. The summed E-state index contributed by atoms with van der Waals surface area (Å²) < 4.78 is 11.5. The summed E-state index contributed by atoms with van der Waals surface area (Å²) in [5.41, 5.74) is 0.591. The van der Waals surface area contributed by atoms with E-state index >= 15 is 0 Å². The van der Waals surface area contributed by atoms with Crippen LogP contribution in [-0.2, 0) is 9.59 Å². The number of nitrogens with zero attached hydrogens (tertiary/aromatic N) is 3. The van der Waals surface area contributed by atoms with Crippen molar-refractivity contribution < 1.29 is 19.1 Å². The molecule has 0 N–H and O–H groups in total. The quantitative estimate of drug-likeness (QED) is 0.765. The van der Waals surface area contributed by atoms with E-state index in [4.69, 9.17) is 9.47 Å². The van der Waals surface area contributed by atoms with Crippen LogP contribution in [0.5, 0.6) is 11.5 Å². The van der Waals surface area contributed by atoms with Gasteiger partial charge in [-0.25, -0.2) is 4.68 Å². The van der Waals surface area contributed by atoms with Gasteiger partial charge in [-0.1, -0.05) is 0 Å².